The maximum atomic E-state index is 11.4. The summed E-state index contributed by atoms with van der Waals surface area (Å²) in [5.41, 5.74) is 2.03. The predicted octanol–water partition coefficient (Wildman–Crippen LogP) is 2.44. The number of aryl methyl sites for hydroxylation is 1. The number of carbonyl (C=O) groups excluding carboxylic acids is 1. The molecular weight excluding hydrogens is 264 g/mol. The third-order valence-electron chi connectivity index (χ3n) is 2.47. The average Bonchev–Trinajstić information content (AvgIpc) is 2.77. The van der Waals surface area contributed by atoms with Crippen LogP contribution in [-0.2, 0) is 16.0 Å². The molecule has 0 spiro atoms. The zero-order chi connectivity index (χ0) is 13.8. The molecule has 0 saturated heterocycles. The van der Waals surface area contributed by atoms with Gasteiger partial charge in [0.1, 0.15) is 0 Å². The van der Waals surface area contributed by atoms with Crippen molar-refractivity contribution in [3.63, 3.8) is 0 Å². The van der Waals surface area contributed by atoms with Crippen molar-refractivity contribution in [1.29, 1.82) is 0 Å². The number of aliphatic carboxylic acids is 1. The van der Waals surface area contributed by atoms with Crippen LogP contribution in [0.1, 0.15) is 12.5 Å². The Morgan fingerprint density at radius 2 is 2.21 bits per heavy atom. The first kappa shape index (κ1) is 13.2. The Balaban J connectivity index is 2.17. The molecule has 19 heavy (non-hydrogen) atoms. The number of fused-ring (bicyclic) bond motifs is 1. The van der Waals surface area contributed by atoms with Gasteiger partial charge in [-0.2, -0.15) is 0 Å². The molecule has 0 radical (unpaired) electrons. The number of rotatable bonds is 4. The molecule has 2 aromatic rings. The number of carboxylic acid groups (broad SMARTS) is 1. The molecule has 0 atom stereocenters. The summed E-state index contributed by atoms with van der Waals surface area (Å²) in [6.07, 6.45) is 2.70. The molecule has 1 aromatic heterocycles. The number of nitrogens with one attached hydrogen (secondary N) is 1. The van der Waals surface area contributed by atoms with E-state index in [1.165, 1.54) is 16.9 Å². The molecule has 0 aliphatic heterocycles. The fourth-order valence-corrected chi connectivity index (χ4v) is 2.47. The molecular formula is C13H12N2O3S. The molecule has 98 valence electrons. The normalized spacial score (nSPS) is 11.0. The lowest BCUT2D eigenvalue weighted by molar-refractivity contribution is -0.131. The number of aromatic nitrogens is 1. The van der Waals surface area contributed by atoms with E-state index in [0.717, 1.165) is 28.8 Å². The molecule has 0 unspecified atom stereocenters. The Morgan fingerprint density at radius 3 is 2.89 bits per heavy atom. The lowest BCUT2D eigenvalue weighted by atomic mass is 10.2. The number of hydrogen-bond donors (Lipinski definition) is 2. The molecule has 1 amide bonds. The summed E-state index contributed by atoms with van der Waals surface area (Å²) in [6.45, 7) is 2.07. The van der Waals surface area contributed by atoms with Gasteiger partial charge in [0.25, 0.3) is 0 Å². The van der Waals surface area contributed by atoms with Crippen LogP contribution in [0, 0.1) is 0 Å². The van der Waals surface area contributed by atoms with Gasteiger partial charge in [0.15, 0.2) is 5.13 Å². The minimum atomic E-state index is -1.16. The van der Waals surface area contributed by atoms with E-state index in [0.29, 0.717) is 5.13 Å². The van der Waals surface area contributed by atoms with Gasteiger partial charge in [-0.1, -0.05) is 24.3 Å². The van der Waals surface area contributed by atoms with Crippen LogP contribution in [0.4, 0.5) is 5.13 Å². The van der Waals surface area contributed by atoms with Gasteiger partial charge in [-0.25, -0.2) is 9.78 Å². The van der Waals surface area contributed by atoms with E-state index in [1.54, 1.807) is 0 Å². The summed E-state index contributed by atoms with van der Waals surface area (Å²) in [4.78, 5) is 26.0. The number of thiazole rings is 1. The van der Waals surface area contributed by atoms with Crippen LogP contribution in [0.2, 0.25) is 0 Å². The van der Waals surface area contributed by atoms with E-state index in [1.807, 2.05) is 18.2 Å². The second-order valence-electron chi connectivity index (χ2n) is 3.84. The van der Waals surface area contributed by atoms with Gasteiger partial charge in [-0.3, -0.25) is 10.1 Å². The van der Waals surface area contributed by atoms with Crippen molar-refractivity contribution < 1.29 is 14.7 Å². The number of nitrogens with zero attached hydrogens (tertiary/aromatic N) is 1. The second kappa shape index (κ2) is 5.62. The summed E-state index contributed by atoms with van der Waals surface area (Å²) < 4.78 is 0.997. The Kier molecular flexibility index (Phi) is 3.91. The van der Waals surface area contributed by atoms with Crippen LogP contribution in [0.3, 0.4) is 0 Å². The SMILES string of the molecule is CCc1ccc2nc(NC(=O)/C=C/C(=O)O)sc2c1. The molecule has 0 bridgehead atoms. The van der Waals surface area contributed by atoms with E-state index < -0.39 is 11.9 Å². The minimum Gasteiger partial charge on any atom is -0.478 e. The van der Waals surface area contributed by atoms with Crippen molar-refractivity contribution in [1.82, 2.24) is 4.98 Å². The van der Waals surface area contributed by atoms with E-state index in [4.69, 9.17) is 5.11 Å². The summed E-state index contributed by atoms with van der Waals surface area (Å²) in [5, 5.41) is 11.4. The maximum absolute atomic E-state index is 11.4. The van der Waals surface area contributed by atoms with Gasteiger partial charge in [0.05, 0.1) is 10.2 Å². The standard InChI is InChI=1S/C13H12N2O3S/c1-2-8-3-4-9-10(7-8)19-13(14-9)15-11(16)5-6-12(17)18/h3-7H,2H2,1H3,(H,17,18)(H,14,15,16)/b6-5+. The molecule has 0 aliphatic rings. The van der Waals surface area contributed by atoms with Crippen molar-refractivity contribution in [3.8, 4) is 0 Å². The number of anilines is 1. The number of carbonyl (C=O) groups is 2. The van der Waals surface area contributed by atoms with Crippen LogP contribution in [0.5, 0.6) is 0 Å². The third kappa shape index (κ3) is 3.38. The van der Waals surface area contributed by atoms with Gasteiger partial charge in [-0.05, 0) is 24.1 Å². The predicted molar refractivity (Wildman–Crippen MR) is 74.4 cm³/mol. The molecule has 0 saturated carbocycles. The Morgan fingerprint density at radius 1 is 1.42 bits per heavy atom. The van der Waals surface area contributed by atoms with Gasteiger partial charge in [0, 0.05) is 12.2 Å². The Bertz CT molecular complexity index is 661. The largest absolute Gasteiger partial charge is 0.478 e. The topological polar surface area (TPSA) is 79.3 Å². The fourth-order valence-electron chi connectivity index (χ4n) is 1.54. The summed E-state index contributed by atoms with van der Waals surface area (Å²) in [7, 11) is 0. The van der Waals surface area contributed by atoms with E-state index in [-0.39, 0.29) is 0 Å². The first-order valence-corrected chi connectivity index (χ1v) is 6.51. The quantitative estimate of drug-likeness (QED) is 0.841. The molecule has 1 aromatic carbocycles. The first-order valence-electron chi connectivity index (χ1n) is 5.70. The van der Waals surface area contributed by atoms with Gasteiger partial charge < -0.3 is 5.11 Å². The summed E-state index contributed by atoms with van der Waals surface area (Å²) >= 11 is 1.37. The van der Waals surface area contributed by atoms with Crippen LogP contribution >= 0.6 is 11.3 Å². The number of benzene rings is 1. The molecule has 5 nitrogen and oxygen atoms in total. The van der Waals surface area contributed by atoms with E-state index in [9.17, 15) is 9.59 Å². The van der Waals surface area contributed by atoms with Crippen LogP contribution in [0.15, 0.2) is 30.4 Å². The first-order chi connectivity index (χ1) is 9.08. The zero-order valence-electron chi connectivity index (χ0n) is 10.2. The van der Waals surface area contributed by atoms with E-state index >= 15 is 0 Å². The Hall–Kier alpha value is -2.21. The highest BCUT2D eigenvalue weighted by Crippen LogP contribution is 2.26. The van der Waals surface area contributed by atoms with Crippen LogP contribution < -0.4 is 5.32 Å². The van der Waals surface area contributed by atoms with Gasteiger partial charge in [-0.15, -0.1) is 0 Å². The lowest BCUT2D eigenvalue weighted by Crippen LogP contribution is -2.08. The number of amides is 1. The summed E-state index contributed by atoms with van der Waals surface area (Å²) in [6, 6.07) is 5.95. The van der Waals surface area contributed by atoms with Gasteiger partial charge >= 0.3 is 5.97 Å². The highest BCUT2D eigenvalue weighted by Gasteiger charge is 2.06. The summed E-state index contributed by atoms with van der Waals surface area (Å²) in [5.74, 6) is -1.66. The molecule has 2 N–H and O–H groups in total. The Labute approximate surface area is 113 Å². The molecule has 0 fully saturated rings. The highest BCUT2D eigenvalue weighted by molar-refractivity contribution is 7.22. The smallest absolute Gasteiger partial charge is 0.328 e. The highest BCUT2D eigenvalue weighted by atomic mass is 32.1. The zero-order valence-corrected chi connectivity index (χ0v) is 11.0. The molecule has 2 rings (SSSR count). The van der Waals surface area contributed by atoms with E-state index in [2.05, 4.69) is 17.2 Å². The monoisotopic (exact) mass is 276 g/mol. The molecule has 0 aliphatic carbocycles. The molecule has 6 heteroatoms. The molecule has 1 heterocycles. The number of carboxylic acids is 1. The maximum Gasteiger partial charge on any atom is 0.328 e. The minimum absolute atomic E-state index is 0.461. The van der Waals surface area contributed by atoms with Crippen molar-refractivity contribution in [2.75, 3.05) is 5.32 Å². The van der Waals surface area contributed by atoms with Gasteiger partial charge in [0.2, 0.25) is 5.91 Å². The van der Waals surface area contributed by atoms with Crippen molar-refractivity contribution in [3.05, 3.63) is 35.9 Å². The number of hydrogen-bond acceptors (Lipinski definition) is 4. The van der Waals surface area contributed by atoms with Crippen LogP contribution in [0.25, 0.3) is 10.2 Å². The average molecular weight is 276 g/mol. The van der Waals surface area contributed by atoms with Crippen molar-refractivity contribution >= 4 is 38.6 Å². The lowest BCUT2D eigenvalue weighted by Gasteiger charge is -1.93. The van der Waals surface area contributed by atoms with Crippen molar-refractivity contribution in [2.45, 2.75) is 13.3 Å². The second-order valence-corrected chi connectivity index (χ2v) is 4.87. The van der Waals surface area contributed by atoms with Crippen molar-refractivity contribution in [2.24, 2.45) is 0 Å². The third-order valence-corrected chi connectivity index (χ3v) is 3.40. The van der Waals surface area contributed by atoms with Crippen LogP contribution in [-0.4, -0.2) is 22.0 Å². The fraction of sp³-hybridized carbons (Fsp3) is 0.154.